The molecule has 4 heteroatoms. The topological polar surface area (TPSA) is 51.2 Å². The van der Waals surface area contributed by atoms with Gasteiger partial charge in [-0.15, -0.1) is 0 Å². The molecule has 0 amide bonds. The Morgan fingerprint density at radius 2 is 1.76 bits per heavy atom. The zero-order chi connectivity index (χ0) is 15.0. The van der Waals surface area contributed by atoms with Gasteiger partial charge < -0.3 is 4.42 Å². The summed E-state index contributed by atoms with van der Waals surface area (Å²) >= 11 is 0. The van der Waals surface area contributed by atoms with Crippen LogP contribution in [0.4, 0.5) is 4.39 Å². The van der Waals surface area contributed by atoms with Crippen LogP contribution in [0.5, 0.6) is 0 Å². The summed E-state index contributed by atoms with van der Waals surface area (Å²) in [5, 5.41) is 0.733. The molecule has 3 rings (SSSR count). The number of rotatable bonds is 3. The van der Waals surface area contributed by atoms with Gasteiger partial charge in [0.2, 0.25) is 0 Å². The first-order valence-corrected chi connectivity index (χ1v) is 6.82. The number of aryl methyl sites for hydroxylation is 2. The third kappa shape index (κ3) is 2.33. The molecule has 3 N–H and O–H groups in total. The zero-order valence-corrected chi connectivity index (χ0v) is 12.0. The summed E-state index contributed by atoms with van der Waals surface area (Å²) in [6.07, 6.45) is 0. The van der Waals surface area contributed by atoms with E-state index in [1.54, 1.807) is 6.07 Å². The summed E-state index contributed by atoms with van der Waals surface area (Å²) < 4.78 is 19.5. The van der Waals surface area contributed by atoms with Crippen LogP contribution >= 0.6 is 0 Å². The maximum Gasteiger partial charge on any atom is 0.169 e. The fourth-order valence-corrected chi connectivity index (χ4v) is 2.78. The van der Waals surface area contributed by atoms with E-state index in [9.17, 15) is 4.39 Å². The van der Waals surface area contributed by atoms with Gasteiger partial charge in [0.25, 0.3) is 0 Å². The van der Waals surface area contributed by atoms with Crippen LogP contribution in [0.25, 0.3) is 11.0 Å². The van der Waals surface area contributed by atoms with Crippen LogP contribution in [0.3, 0.4) is 0 Å². The number of hydrogen-bond donors (Lipinski definition) is 2. The van der Waals surface area contributed by atoms with Gasteiger partial charge in [-0.05, 0) is 42.7 Å². The molecule has 0 spiro atoms. The van der Waals surface area contributed by atoms with Crippen molar-refractivity contribution in [2.45, 2.75) is 19.9 Å². The highest BCUT2D eigenvalue weighted by atomic mass is 19.1. The monoisotopic (exact) mass is 284 g/mol. The van der Waals surface area contributed by atoms with Gasteiger partial charge in [-0.3, -0.25) is 5.84 Å². The summed E-state index contributed by atoms with van der Waals surface area (Å²) in [7, 11) is 0. The minimum atomic E-state index is -0.365. The average molecular weight is 284 g/mol. The smallest absolute Gasteiger partial charge is 0.169 e. The van der Waals surface area contributed by atoms with E-state index in [1.165, 1.54) is 6.07 Å². The molecule has 1 unspecified atom stereocenters. The molecular weight excluding hydrogens is 267 g/mol. The predicted octanol–water partition coefficient (Wildman–Crippen LogP) is 3.74. The molecule has 21 heavy (non-hydrogen) atoms. The van der Waals surface area contributed by atoms with Crippen molar-refractivity contribution in [3.05, 3.63) is 70.7 Å². The number of benzene rings is 2. The summed E-state index contributed by atoms with van der Waals surface area (Å²) in [6, 6.07) is 12.4. The van der Waals surface area contributed by atoms with Gasteiger partial charge in [0.15, 0.2) is 11.4 Å². The first-order chi connectivity index (χ1) is 10.1. The molecule has 3 nitrogen and oxygen atoms in total. The van der Waals surface area contributed by atoms with Gasteiger partial charge in [-0.1, -0.05) is 30.3 Å². The largest absolute Gasteiger partial charge is 0.456 e. The van der Waals surface area contributed by atoms with Crippen molar-refractivity contribution in [3.8, 4) is 0 Å². The normalized spacial score (nSPS) is 12.8. The predicted molar refractivity (Wildman–Crippen MR) is 81.3 cm³/mol. The van der Waals surface area contributed by atoms with Crippen LogP contribution < -0.4 is 11.3 Å². The SMILES string of the molecule is Cc1cccc(C)c1C(NN)c1cc2cccc(F)c2o1. The highest BCUT2D eigenvalue weighted by Crippen LogP contribution is 2.32. The van der Waals surface area contributed by atoms with Crippen LogP contribution in [0.15, 0.2) is 46.9 Å². The van der Waals surface area contributed by atoms with Gasteiger partial charge in [0.1, 0.15) is 11.8 Å². The van der Waals surface area contributed by atoms with Crippen LogP contribution in [0.2, 0.25) is 0 Å². The van der Waals surface area contributed by atoms with E-state index in [-0.39, 0.29) is 17.4 Å². The van der Waals surface area contributed by atoms with E-state index in [0.717, 1.165) is 22.1 Å². The van der Waals surface area contributed by atoms with Crippen molar-refractivity contribution in [1.82, 2.24) is 5.43 Å². The van der Waals surface area contributed by atoms with Crippen LogP contribution in [-0.4, -0.2) is 0 Å². The number of fused-ring (bicyclic) bond motifs is 1. The van der Waals surface area contributed by atoms with Crippen LogP contribution in [-0.2, 0) is 0 Å². The van der Waals surface area contributed by atoms with Gasteiger partial charge in [0.05, 0.1) is 0 Å². The van der Waals surface area contributed by atoms with E-state index in [0.29, 0.717) is 5.76 Å². The van der Waals surface area contributed by atoms with Crippen molar-refractivity contribution in [1.29, 1.82) is 0 Å². The minimum Gasteiger partial charge on any atom is -0.456 e. The number of hydrogen-bond acceptors (Lipinski definition) is 3. The first-order valence-electron chi connectivity index (χ1n) is 6.82. The van der Waals surface area contributed by atoms with E-state index in [2.05, 4.69) is 5.43 Å². The van der Waals surface area contributed by atoms with Crippen molar-refractivity contribution < 1.29 is 8.81 Å². The minimum absolute atomic E-state index is 0.263. The number of nitrogens with two attached hydrogens (primary N) is 1. The lowest BCUT2D eigenvalue weighted by molar-refractivity contribution is 0.463. The number of halogens is 1. The fraction of sp³-hybridized carbons (Fsp3) is 0.176. The Hall–Kier alpha value is -2.17. The first kappa shape index (κ1) is 13.8. The third-order valence-electron chi connectivity index (χ3n) is 3.80. The van der Waals surface area contributed by atoms with Crippen molar-refractivity contribution in [2.75, 3.05) is 0 Å². The molecule has 0 bridgehead atoms. The lowest BCUT2D eigenvalue weighted by Gasteiger charge is -2.18. The van der Waals surface area contributed by atoms with E-state index >= 15 is 0 Å². The molecule has 0 aliphatic carbocycles. The molecule has 2 aromatic carbocycles. The van der Waals surface area contributed by atoms with Crippen LogP contribution in [0.1, 0.15) is 28.5 Å². The number of para-hydroxylation sites is 1. The second kappa shape index (κ2) is 5.31. The molecule has 3 aromatic rings. The highest BCUT2D eigenvalue weighted by Gasteiger charge is 2.21. The molecule has 0 saturated heterocycles. The molecule has 0 saturated carbocycles. The Kier molecular flexibility index (Phi) is 3.49. The molecule has 0 aliphatic rings. The Morgan fingerprint density at radius 3 is 2.38 bits per heavy atom. The van der Waals surface area contributed by atoms with Crippen molar-refractivity contribution in [3.63, 3.8) is 0 Å². The number of hydrazine groups is 1. The molecule has 1 atom stereocenters. The summed E-state index contributed by atoms with van der Waals surface area (Å²) in [5.74, 6) is 5.97. The standard InChI is InChI=1S/C17H17FN2O/c1-10-5-3-6-11(2)15(10)16(20-19)14-9-12-7-4-8-13(18)17(12)21-14/h3-9,16,20H,19H2,1-2H3. The van der Waals surface area contributed by atoms with Gasteiger partial charge in [-0.2, -0.15) is 0 Å². The number of nitrogens with one attached hydrogen (secondary N) is 1. The highest BCUT2D eigenvalue weighted by molar-refractivity contribution is 5.78. The zero-order valence-electron chi connectivity index (χ0n) is 12.0. The maximum atomic E-state index is 13.8. The summed E-state index contributed by atoms with van der Waals surface area (Å²) in [5.41, 5.74) is 6.32. The van der Waals surface area contributed by atoms with Gasteiger partial charge in [0, 0.05) is 5.39 Å². The lowest BCUT2D eigenvalue weighted by atomic mass is 9.95. The summed E-state index contributed by atoms with van der Waals surface area (Å²) in [6.45, 7) is 4.05. The number of furan rings is 1. The van der Waals surface area contributed by atoms with E-state index in [4.69, 9.17) is 10.3 Å². The Labute approximate surface area is 122 Å². The quantitative estimate of drug-likeness (QED) is 0.569. The Morgan fingerprint density at radius 1 is 1.10 bits per heavy atom. The third-order valence-corrected chi connectivity index (χ3v) is 3.80. The molecule has 1 heterocycles. The second-order valence-electron chi connectivity index (χ2n) is 5.21. The van der Waals surface area contributed by atoms with E-state index < -0.39 is 0 Å². The van der Waals surface area contributed by atoms with Crippen molar-refractivity contribution >= 4 is 11.0 Å². The maximum absolute atomic E-state index is 13.8. The van der Waals surface area contributed by atoms with Gasteiger partial charge >= 0.3 is 0 Å². The second-order valence-corrected chi connectivity index (χ2v) is 5.21. The summed E-state index contributed by atoms with van der Waals surface area (Å²) in [4.78, 5) is 0. The molecule has 108 valence electrons. The lowest BCUT2D eigenvalue weighted by Crippen LogP contribution is -2.29. The Balaban J connectivity index is 2.16. The van der Waals surface area contributed by atoms with Gasteiger partial charge in [-0.25, -0.2) is 9.82 Å². The molecule has 0 fully saturated rings. The molecular formula is C17H17FN2O. The van der Waals surface area contributed by atoms with E-state index in [1.807, 2.05) is 44.2 Å². The van der Waals surface area contributed by atoms with Crippen molar-refractivity contribution in [2.24, 2.45) is 5.84 Å². The Bertz CT molecular complexity index is 774. The van der Waals surface area contributed by atoms with Crippen LogP contribution in [0, 0.1) is 19.7 Å². The fourth-order valence-electron chi connectivity index (χ4n) is 2.78. The molecule has 0 radical (unpaired) electrons. The molecule has 1 aromatic heterocycles. The molecule has 0 aliphatic heterocycles. The average Bonchev–Trinajstić information content (AvgIpc) is 2.88.